The summed E-state index contributed by atoms with van der Waals surface area (Å²) in [5.74, 6) is 2.77. The molecule has 0 spiro atoms. The minimum atomic E-state index is -6.00. The van der Waals surface area contributed by atoms with Crippen molar-refractivity contribution in [3.63, 3.8) is 0 Å². The number of hydrogen-bond acceptors (Lipinski definition) is 8. The number of imidazole rings is 3. The van der Waals surface area contributed by atoms with E-state index in [0.29, 0.717) is 19.6 Å². The van der Waals surface area contributed by atoms with Crippen LogP contribution >= 0.6 is 0 Å². The van der Waals surface area contributed by atoms with Gasteiger partial charge >= 0.3 is 31.6 Å². The molecule has 0 unspecified atom stereocenters. The van der Waals surface area contributed by atoms with Crippen LogP contribution in [0, 0.1) is 38.9 Å². The third-order valence-corrected chi connectivity index (χ3v) is 5.44. The van der Waals surface area contributed by atoms with E-state index in [2.05, 4.69) is 38.1 Å². The smallest absolute Gasteiger partial charge is 0.418 e. The van der Waals surface area contributed by atoms with Crippen molar-refractivity contribution in [2.45, 2.75) is 40.4 Å². The number of rotatable bonds is 6. The molecule has 0 atom stereocenters. The Morgan fingerprint density at radius 2 is 0.717 bits per heavy atom. The predicted molar refractivity (Wildman–Crippen MR) is 181 cm³/mol. The van der Waals surface area contributed by atoms with Crippen LogP contribution in [0.25, 0.3) is 33.1 Å². The number of nitroso groups, excluding NO2 is 1. The fourth-order valence-electron chi connectivity index (χ4n) is 4.04. The van der Waals surface area contributed by atoms with Gasteiger partial charge < -0.3 is 49.5 Å². The Labute approximate surface area is 308 Å². The Balaban J connectivity index is 0. The summed E-state index contributed by atoms with van der Waals surface area (Å²) in [7, 11) is -12.0. The van der Waals surface area contributed by atoms with Crippen LogP contribution < -0.4 is 5.59 Å². The van der Waals surface area contributed by atoms with Gasteiger partial charge in [-0.15, -0.1) is 4.91 Å². The molecule has 0 aliphatic heterocycles. The number of benzene rings is 3. The zero-order valence-electron chi connectivity index (χ0n) is 28.1. The molecule has 0 bridgehead atoms. The summed E-state index contributed by atoms with van der Waals surface area (Å²) < 4.78 is 78.0. The monoisotopic (exact) mass is 790 g/mol. The van der Waals surface area contributed by atoms with Crippen LogP contribution in [0.1, 0.15) is 38.2 Å². The first kappa shape index (κ1) is 49.3. The average Bonchev–Trinajstić information content (AvgIpc) is 3.77. The summed E-state index contributed by atoms with van der Waals surface area (Å²) in [5, 5.41) is 22.0. The van der Waals surface area contributed by atoms with E-state index in [4.69, 9.17) is 41.2 Å². The fourth-order valence-corrected chi connectivity index (χ4v) is 4.04. The SMILES string of the molecule is CC#N.CC#N.CC#N.F[B-](F)(F)F.F[B-](F)(F)F.[Fe+3].[N]=O.c1ccc2[nH]c(CN(Cc3nc4ccccc4[nH]3)Cc3nc4ccccc4[nH]3)nc2c1. The fraction of sp³-hybridized carbons (Fsp3) is 0.200. The molecule has 0 saturated carbocycles. The molecular formula is C30H30B2F8FeN11O+. The number of hydrogen-bond donors (Lipinski definition) is 3. The number of halogens is 8. The maximum Gasteiger partial charge on any atom is 3.00 e. The third kappa shape index (κ3) is 22.6. The molecule has 6 rings (SSSR count). The van der Waals surface area contributed by atoms with Gasteiger partial charge in [-0.1, -0.05) is 36.4 Å². The van der Waals surface area contributed by atoms with Gasteiger partial charge in [0.15, 0.2) is 0 Å². The molecule has 280 valence electrons. The number of nitrogens with one attached hydrogen (secondary N) is 3. The van der Waals surface area contributed by atoms with E-state index in [1.165, 1.54) is 20.8 Å². The number of aromatic amines is 3. The summed E-state index contributed by atoms with van der Waals surface area (Å²) in [6.07, 6.45) is 0. The first-order chi connectivity index (χ1) is 24.5. The summed E-state index contributed by atoms with van der Waals surface area (Å²) in [6, 6.07) is 29.6. The van der Waals surface area contributed by atoms with Crippen molar-refractivity contribution < 1.29 is 51.6 Å². The van der Waals surface area contributed by atoms with Gasteiger partial charge in [0.2, 0.25) is 0 Å². The number of fused-ring (bicyclic) bond motifs is 3. The van der Waals surface area contributed by atoms with Gasteiger partial charge in [0.1, 0.15) is 23.1 Å². The maximum absolute atomic E-state index is 9.75. The quantitative estimate of drug-likeness (QED) is 0.111. The number of para-hydroxylation sites is 6. The first-order valence-corrected chi connectivity index (χ1v) is 14.4. The van der Waals surface area contributed by atoms with Gasteiger partial charge in [-0.25, -0.2) is 15.0 Å². The zero-order chi connectivity index (χ0) is 39.7. The van der Waals surface area contributed by atoms with Crippen molar-refractivity contribution in [2.75, 3.05) is 0 Å². The van der Waals surface area contributed by atoms with Gasteiger partial charge in [0.05, 0.1) is 70.9 Å². The summed E-state index contributed by atoms with van der Waals surface area (Å²) in [6.45, 7) is 6.26. The van der Waals surface area contributed by atoms with Crippen LogP contribution in [0.4, 0.5) is 34.5 Å². The molecule has 3 N–H and O–H groups in total. The van der Waals surface area contributed by atoms with Crippen LogP contribution in [0.5, 0.6) is 0 Å². The zero-order valence-corrected chi connectivity index (χ0v) is 29.2. The largest absolute Gasteiger partial charge is 3.00 e. The topological polar surface area (TPSA) is 200 Å². The number of nitrogens with zero attached hydrogens (tertiary/aromatic N) is 8. The van der Waals surface area contributed by atoms with Gasteiger partial charge in [0, 0.05) is 20.8 Å². The molecule has 0 fully saturated rings. The van der Waals surface area contributed by atoms with Crippen LogP contribution in [0.2, 0.25) is 0 Å². The van der Waals surface area contributed by atoms with Crippen LogP contribution in [-0.4, -0.2) is 49.3 Å². The maximum atomic E-state index is 9.75. The van der Waals surface area contributed by atoms with Gasteiger partial charge in [-0.05, 0) is 36.4 Å². The van der Waals surface area contributed by atoms with Crippen LogP contribution in [-0.2, 0) is 36.7 Å². The van der Waals surface area contributed by atoms with Crippen molar-refractivity contribution in [3.05, 3.63) is 95.2 Å². The van der Waals surface area contributed by atoms with Crippen molar-refractivity contribution in [2.24, 2.45) is 0 Å². The molecule has 3 heterocycles. The van der Waals surface area contributed by atoms with Crippen LogP contribution in [0.15, 0.2) is 72.8 Å². The Kier molecular flexibility index (Phi) is 24.2. The Morgan fingerprint density at radius 3 is 0.906 bits per heavy atom. The Morgan fingerprint density at radius 1 is 0.528 bits per heavy atom. The van der Waals surface area contributed by atoms with Crippen LogP contribution in [0.3, 0.4) is 0 Å². The summed E-state index contributed by atoms with van der Waals surface area (Å²) >= 11 is 0. The second kappa shape index (κ2) is 26.0. The second-order valence-corrected chi connectivity index (χ2v) is 9.41. The number of aromatic nitrogens is 6. The molecule has 0 aliphatic rings. The minimum absolute atomic E-state index is 0. The third-order valence-electron chi connectivity index (χ3n) is 5.44. The normalized spacial score (nSPS) is 9.75. The molecule has 23 heteroatoms. The summed E-state index contributed by atoms with van der Waals surface area (Å²) in [5.41, 5.74) is 11.8. The van der Waals surface area contributed by atoms with E-state index in [0.717, 1.165) is 50.6 Å². The summed E-state index contributed by atoms with van der Waals surface area (Å²) in [4.78, 5) is 34.1. The van der Waals surface area contributed by atoms with Crippen molar-refractivity contribution >= 4 is 47.6 Å². The van der Waals surface area contributed by atoms with Crippen molar-refractivity contribution in [1.29, 1.82) is 15.8 Å². The van der Waals surface area contributed by atoms with Gasteiger partial charge in [-0.2, -0.15) is 15.8 Å². The Hall–Kier alpha value is -5.81. The van der Waals surface area contributed by atoms with Gasteiger partial charge in [0.25, 0.3) is 0 Å². The Bertz CT molecular complexity index is 1700. The minimum Gasteiger partial charge on any atom is -0.418 e. The molecular weight excluding hydrogens is 760 g/mol. The molecule has 12 nitrogen and oxygen atoms in total. The number of nitriles is 3. The predicted octanol–water partition coefficient (Wildman–Crippen LogP) is 8.26. The molecule has 0 amide bonds. The van der Waals surface area contributed by atoms with E-state index in [-0.39, 0.29) is 17.1 Å². The molecule has 2 radical (unpaired) electrons. The standard InChI is InChI=1S/C24H21N7.3C2H3N.2BF4.Fe.NO/c1-2-8-17-16(7-1)25-22(26-17)13-31(14-23-27-18-9-3-4-10-19(18)28-23)15-24-29-20-11-5-6-12-21(20)30-24;3*1-2-3;2*2-1(3,4)5;;1-2/h1-12H,13-15H2,(H,25,26)(H,27,28)(H,29,30);3*1H3;;;;/q;;;;2*-1;+3;. The van der Waals surface area contributed by atoms with E-state index < -0.39 is 14.5 Å². The van der Waals surface area contributed by atoms with E-state index >= 15 is 0 Å². The van der Waals surface area contributed by atoms with E-state index in [1.807, 2.05) is 54.6 Å². The first-order valence-electron chi connectivity index (χ1n) is 14.4. The van der Waals surface area contributed by atoms with Crippen molar-refractivity contribution in [3.8, 4) is 18.2 Å². The molecule has 0 aliphatic carbocycles. The molecule has 53 heavy (non-hydrogen) atoms. The van der Waals surface area contributed by atoms with E-state index in [9.17, 15) is 34.5 Å². The van der Waals surface area contributed by atoms with E-state index in [1.54, 1.807) is 18.2 Å². The van der Waals surface area contributed by atoms with Gasteiger partial charge in [-0.3, -0.25) is 4.90 Å². The van der Waals surface area contributed by atoms with Crippen molar-refractivity contribution in [1.82, 2.24) is 40.4 Å². The molecule has 6 aromatic rings. The molecule has 0 saturated heterocycles. The number of H-pyrrole nitrogens is 3. The second-order valence-electron chi connectivity index (χ2n) is 9.41. The molecule has 3 aromatic heterocycles. The molecule has 3 aromatic carbocycles. The average molecular weight is 790 g/mol.